The number of hydrogen-bond donors (Lipinski definition) is 0. The molecule has 1 aliphatic carbocycles. The molecular weight excluding hydrogens is 528 g/mol. The van der Waals surface area contributed by atoms with E-state index in [4.69, 9.17) is 0 Å². The lowest BCUT2D eigenvalue weighted by Crippen LogP contribution is -2.13. The summed E-state index contributed by atoms with van der Waals surface area (Å²) in [6, 6.07) is 52.2. The fourth-order valence-electron chi connectivity index (χ4n) is 7.79. The Hall–Kier alpha value is -5.20. The lowest BCUT2D eigenvalue weighted by molar-refractivity contribution is 0.601. The van der Waals surface area contributed by atoms with E-state index in [1.807, 2.05) is 0 Å². The molecule has 44 heavy (non-hydrogen) atoms. The van der Waals surface area contributed by atoms with Crippen LogP contribution < -0.4 is 0 Å². The van der Waals surface area contributed by atoms with Crippen LogP contribution in [-0.4, -0.2) is 0 Å². The van der Waals surface area contributed by atoms with Crippen molar-refractivity contribution >= 4 is 43.1 Å². The summed E-state index contributed by atoms with van der Waals surface area (Å²) in [5, 5.41) is 10.5. The van der Waals surface area contributed by atoms with Gasteiger partial charge in [-0.15, -0.1) is 0 Å². The minimum atomic E-state index is -0.0341. The molecule has 0 bridgehead atoms. The monoisotopic (exact) mass is 560 g/mol. The zero-order valence-corrected chi connectivity index (χ0v) is 25.3. The van der Waals surface area contributed by atoms with Crippen molar-refractivity contribution in [3.63, 3.8) is 0 Å². The van der Waals surface area contributed by atoms with Crippen molar-refractivity contribution in [3.05, 3.63) is 145 Å². The smallest absolute Gasteiger partial charge is 0.00264 e. The van der Waals surface area contributed by atoms with E-state index >= 15 is 0 Å². The number of hydrogen-bond acceptors (Lipinski definition) is 0. The third kappa shape index (κ3) is 3.64. The summed E-state index contributed by atoms with van der Waals surface area (Å²) < 4.78 is 0. The number of rotatable bonds is 2. The molecule has 0 saturated heterocycles. The predicted molar refractivity (Wildman–Crippen MR) is 190 cm³/mol. The van der Waals surface area contributed by atoms with Gasteiger partial charge in [-0.25, -0.2) is 0 Å². The molecule has 0 radical (unpaired) electrons. The third-order valence-corrected chi connectivity index (χ3v) is 9.65. The fraction of sp³-hybridized carbons (Fsp3) is 0.0909. The minimum Gasteiger partial charge on any atom is -0.0616 e. The van der Waals surface area contributed by atoms with Gasteiger partial charge in [0.1, 0.15) is 0 Å². The molecule has 0 amide bonds. The van der Waals surface area contributed by atoms with E-state index in [1.165, 1.54) is 93.2 Å². The zero-order chi connectivity index (χ0) is 29.6. The minimum absolute atomic E-state index is 0.0341. The second-order valence-corrected chi connectivity index (χ2v) is 13.3. The molecule has 0 fully saturated rings. The van der Waals surface area contributed by atoms with Gasteiger partial charge in [0.05, 0.1) is 0 Å². The molecule has 1 aliphatic rings. The van der Waals surface area contributed by atoms with Crippen molar-refractivity contribution in [1.82, 2.24) is 0 Å². The molecule has 9 rings (SSSR count). The van der Waals surface area contributed by atoms with Crippen LogP contribution in [0.3, 0.4) is 0 Å². The second kappa shape index (κ2) is 9.15. The second-order valence-electron chi connectivity index (χ2n) is 13.3. The number of benzene rings is 8. The molecule has 0 saturated carbocycles. The molecule has 208 valence electrons. The molecule has 0 N–H and O–H groups in total. The Morgan fingerprint density at radius 3 is 1.77 bits per heavy atom. The van der Waals surface area contributed by atoms with Crippen molar-refractivity contribution in [2.75, 3.05) is 0 Å². The highest BCUT2D eigenvalue weighted by Gasteiger charge is 2.25. The molecule has 0 nitrogen and oxygen atoms in total. The van der Waals surface area contributed by atoms with Crippen molar-refractivity contribution < 1.29 is 0 Å². The van der Waals surface area contributed by atoms with E-state index in [0.717, 1.165) is 0 Å². The first-order valence-corrected chi connectivity index (χ1v) is 15.6. The lowest BCUT2D eigenvalue weighted by atomic mass is 9.77. The van der Waals surface area contributed by atoms with Gasteiger partial charge in [-0.3, -0.25) is 0 Å². The molecule has 0 aliphatic heterocycles. The Labute approximate surface area is 258 Å². The normalized spacial score (nSPS) is 12.4. The van der Waals surface area contributed by atoms with Crippen LogP contribution in [0.4, 0.5) is 0 Å². The molecule has 8 aromatic rings. The van der Waals surface area contributed by atoms with Crippen LogP contribution in [0.15, 0.2) is 140 Å². The van der Waals surface area contributed by atoms with Crippen LogP contribution in [0.25, 0.3) is 87.6 Å². The molecule has 8 aromatic carbocycles. The maximum Gasteiger partial charge on any atom is -0.00264 e. The van der Waals surface area contributed by atoms with Gasteiger partial charge in [-0.1, -0.05) is 142 Å². The van der Waals surface area contributed by atoms with E-state index in [-0.39, 0.29) is 5.41 Å². The Bertz CT molecular complexity index is 2460. The first kappa shape index (κ1) is 25.3. The maximum absolute atomic E-state index is 2.46. The first-order chi connectivity index (χ1) is 21.5. The van der Waals surface area contributed by atoms with Gasteiger partial charge >= 0.3 is 0 Å². The fourth-order valence-corrected chi connectivity index (χ4v) is 7.79. The summed E-state index contributed by atoms with van der Waals surface area (Å²) in [5.41, 5.74) is 11.8. The quantitative estimate of drug-likeness (QED) is 0.184. The third-order valence-electron chi connectivity index (χ3n) is 9.65. The van der Waals surface area contributed by atoms with Crippen molar-refractivity contribution in [1.29, 1.82) is 0 Å². The van der Waals surface area contributed by atoms with Gasteiger partial charge in [0.2, 0.25) is 0 Å². The van der Waals surface area contributed by atoms with Crippen molar-refractivity contribution in [2.24, 2.45) is 0 Å². The summed E-state index contributed by atoms with van der Waals surface area (Å²) in [6.07, 6.45) is 0. The van der Waals surface area contributed by atoms with Gasteiger partial charge in [0.25, 0.3) is 0 Å². The standard InChI is InChI=1S/C44H32/c1-44(2,3)43-38-15-7-6-14-35(38)42(32-19-18-27-10-4-5-11-29(27)24-32)37-23-21-31(26-40(37)43)30-20-22-33-34-16-8-12-28-13-9-17-36(41(28)34)39(33)25-30/h4-26H,1-3H3. The maximum atomic E-state index is 2.46. The molecule has 0 heteroatoms. The van der Waals surface area contributed by atoms with Crippen LogP contribution >= 0.6 is 0 Å². The Balaban J connectivity index is 1.32. The largest absolute Gasteiger partial charge is 0.0616 e. The Morgan fingerprint density at radius 1 is 0.364 bits per heavy atom. The highest BCUT2D eigenvalue weighted by atomic mass is 14.3. The summed E-state index contributed by atoms with van der Waals surface area (Å²) in [7, 11) is 0. The van der Waals surface area contributed by atoms with Gasteiger partial charge < -0.3 is 0 Å². The summed E-state index contributed by atoms with van der Waals surface area (Å²) in [4.78, 5) is 0. The molecule has 0 atom stereocenters. The average Bonchev–Trinajstić information content (AvgIpc) is 3.37. The van der Waals surface area contributed by atoms with Crippen LogP contribution in [0, 0.1) is 0 Å². The lowest BCUT2D eigenvalue weighted by Gasteiger charge is -2.26. The Kier molecular flexibility index (Phi) is 5.26. The van der Waals surface area contributed by atoms with E-state index in [9.17, 15) is 0 Å². The predicted octanol–water partition coefficient (Wildman–Crippen LogP) is 12.6. The molecular formula is C44H32. The molecule has 0 unspecified atom stereocenters. The summed E-state index contributed by atoms with van der Waals surface area (Å²) in [6.45, 7) is 7.05. The highest BCUT2D eigenvalue weighted by molar-refractivity contribution is 6.18. The van der Waals surface area contributed by atoms with Gasteiger partial charge in [0, 0.05) is 0 Å². The first-order valence-electron chi connectivity index (χ1n) is 15.6. The Morgan fingerprint density at radius 2 is 0.977 bits per heavy atom. The van der Waals surface area contributed by atoms with Crippen LogP contribution in [0.2, 0.25) is 0 Å². The molecule has 0 spiro atoms. The van der Waals surface area contributed by atoms with Gasteiger partial charge in [0.15, 0.2) is 0 Å². The van der Waals surface area contributed by atoms with Crippen LogP contribution in [0.5, 0.6) is 0 Å². The highest BCUT2D eigenvalue weighted by Crippen LogP contribution is 2.49. The molecule has 0 aromatic heterocycles. The van der Waals surface area contributed by atoms with Gasteiger partial charge in [-0.2, -0.15) is 0 Å². The van der Waals surface area contributed by atoms with Crippen LogP contribution in [-0.2, 0) is 5.41 Å². The van der Waals surface area contributed by atoms with E-state index in [0.29, 0.717) is 0 Å². The van der Waals surface area contributed by atoms with Crippen LogP contribution in [0.1, 0.15) is 26.3 Å². The van der Waals surface area contributed by atoms with E-state index in [1.54, 1.807) is 0 Å². The SMILES string of the molecule is CC(C)(C)c1c2ccccc2c(-c2ccc3ccccc3c2)c2ccc(-c3ccc4c(c3)-c3cccc5cccc-4c35)cc12. The van der Waals surface area contributed by atoms with E-state index in [2.05, 4.69) is 160 Å². The van der Waals surface area contributed by atoms with E-state index < -0.39 is 0 Å². The summed E-state index contributed by atoms with van der Waals surface area (Å²) in [5.74, 6) is 0. The summed E-state index contributed by atoms with van der Waals surface area (Å²) >= 11 is 0. The number of fused-ring (bicyclic) bond motifs is 6. The topological polar surface area (TPSA) is 0 Å². The zero-order valence-electron chi connectivity index (χ0n) is 25.3. The average molecular weight is 561 g/mol. The van der Waals surface area contributed by atoms with Crippen molar-refractivity contribution in [2.45, 2.75) is 26.2 Å². The molecule has 0 heterocycles. The van der Waals surface area contributed by atoms with Gasteiger partial charge in [-0.05, 0) is 117 Å². The van der Waals surface area contributed by atoms with Crippen molar-refractivity contribution in [3.8, 4) is 44.5 Å².